The van der Waals surface area contributed by atoms with Crippen molar-refractivity contribution in [2.24, 2.45) is 0 Å². The summed E-state index contributed by atoms with van der Waals surface area (Å²) >= 11 is 0.793. The minimum atomic E-state index is -0.0893. The van der Waals surface area contributed by atoms with E-state index < -0.39 is 0 Å². The molecule has 0 atom stereocenters. The monoisotopic (exact) mass is 417 g/mol. The first kappa shape index (κ1) is 15.1. The topological polar surface area (TPSA) is 9.23 Å². The maximum atomic E-state index is 6.07. The molecule has 0 saturated heterocycles. The molecule has 17 heavy (non-hydrogen) atoms. The summed E-state index contributed by atoms with van der Waals surface area (Å²) in [6, 6.07) is 0. The van der Waals surface area contributed by atoms with Crippen molar-refractivity contribution in [3.8, 4) is 0 Å². The summed E-state index contributed by atoms with van der Waals surface area (Å²) in [5, 5.41) is 0. The molecule has 0 heterocycles. The Morgan fingerprint density at radius 1 is 1.18 bits per heavy atom. The second-order valence-electron chi connectivity index (χ2n) is 4.33. The second-order valence-corrected chi connectivity index (χ2v) is 5.06. The summed E-state index contributed by atoms with van der Waals surface area (Å²) in [4.78, 5) is 0. The molecular weight excluding hydrogens is 398 g/mol. The van der Waals surface area contributed by atoms with Crippen LogP contribution in [-0.2, 0) is 27.7 Å². The fraction of sp³-hybridized carbons (Fsp3) is 0.429. The van der Waals surface area contributed by atoms with Gasteiger partial charge in [0.05, 0.1) is 0 Å². The Morgan fingerprint density at radius 3 is 2.00 bits per heavy atom. The molecule has 0 aromatic carbocycles. The molecule has 2 rings (SSSR count). The fourth-order valence-corrected chi connectivity index (χ4v) is 3.86. The van der Waals surface area contributed by atoms with Crippen LogP contribution < -0.4 is 0 Å². The van der Waals surface area contributed by atoms with Crippen LogP contribution in [0.1, 0.15) is 32.6 Å². The molecule has 0 unspecified atom stereocenters. The molecule has 0 aliphatic heterocycles. The van der Waals surface area contributed by atoms with Gasteiger partial charge in [-0.1, -0.05) is 0 Å². The van der Waals surface area contributed by atoms with Crippen molar-refractivity contribution in [3.63, 3.8) is 0 Å². The van der Waals surface area contributed by atoms with Crippen LogP contribution in [-0.4, -0.2) is 5.60 Å². The summed E-state index contributed by atoms with van der Waals surface area (Å²) in [5.41, 5.74) is 2.80. The van der Waals surface area contributed by atoms with Crippen LogP contribution in [0.3, 0.4) is 0 Å². The fourth-order valence-electron chi connectivity index (χ4n) is 2.55. The quantitative estimate of drug-likeness (QED) is 0.611. The van der Waals surface area contributed by atoms with E-state index >= 15 is 0 Å². The van der Waals surface area contributed by atoms with Gasteiger partial charge in [0.25, 0.3) is 0 Å². The molecule has 91 valence electrons. The summed E-state index contributed by atoms with van der Waals surface area (Å²) < 4.78 is 6.07. The van der Waals surface area contributed by atoms with Gasteiger partial charge in [-0.2, -0.15) is 0 Å². The molecule has 1 nitrogen and oxygen atoms in total. The summed E-state index contributed by atoms with van der Waals surface area (Å²) in [5.74, 6) is 0. The normalized spacial score (nSPS) is 17.9. The summed E-state index contributed by atoms with van der Waals surface area (Å²) in [7, 11) is 0. The van der Waals surface area contributed by atoms with E-state index in [1.54, 1.807) is 0 Å². The Morgan fingerprint density at radius 2 is 1.71 bits per heavy atom. The first-order chi connectivity index (χ1) is 7.83. The smallest absolute Gasteiger partial charge is 0.147 e. The Bertz CT molecular complexity index is 350. The first-order valence-corrected chi connectivity index (χ1v) is 7.37. The van der Waals surface area contributed by atoms with E-state index in [2.05, 4.69) is 43.4 Å². The molecule has 0 amide bonds. The third-order valence-corrected chi connectivity index (χ3v) is 4.61. The Balaban J connectivity index is 0.00000144. The number of halogens is 1. The van der Waals surface area contributed by atoms with Gasteiger partial charge in [-0.05, 0) is 0 Å². The van der Waals surface area contributed by atoms with Crippen LogP contribution in [0.2, 0.25) is 0 Å². The van der Waals surface area contributed by atoms with Gasteiger partial charge in [0, 0.05) is 0 Å². The van der Waals surface area contributed by atoms with Crippen molar-refractivity contribution in [3.05, 3.63) is 47.6 Å². The molecule has 0 aromatic heterocycles. The number of hydrogen-bond donors (Lipinski definition) is 0. The van der Waals surface area contributed by atoms with Crippen LogP contribution in [0.15, 0.2) is 47.6 Å². The van der Waals surface area contributed by atoms with Crippen LogP contribution in [0.4, 0.5) is 0 Å². The van der Waals surface area contributed by atoms with Crippen LogP contribution in [0.5, 0.6) is 0 Å². The Labute approximate surface area is 125 Å². The number of hydrogen-bond acceptors (Lipinski definition) is 1. The van der Waals surface area contributed by atoms with Gasteiger partial charge in [0.2, 0.25) is 0 Å². The minimum absolute atomic E-state index is 0. The van der Waals surface area contributed by atoms with Gasteiger partial charge >= 0.3 is 113 Å². The zero-order valence-corrected chi connectivity index (χ0v) is 14.5. The Hall–Kier alpha value is 0.0801. The van der Waals surface area contributed by atoms with Crippen molar-refractivity contribution in [2.75, 3.05) is 0 Å². The van der Waals surface area contributed by atoms with Gasteiger partial charge in [0.1, 0.15) is 0 Å². The van der Waals surface area contributed by atoms with E-state index in [-0.39, 0.29) is 18.0 Å². The second kappa shape index (κ2) is 6.86. The largest absolute Gasteiger partial charge is 0.147 e. The predicted octanol–water partition coefficient (Wildman–Crippen LogP) is 4.20. The molecular formula is C14H18ClHfO. The SMILES string of the molecule is CCCC([O][Hf])(C1=CC=CC1)C1=CC=CC1.Cl. The van der Waals surface area contributed by atoms with Crippen LogP contribution in [0, 0.1) is 0 Å². The van der Waals surface area contributed by atoms with E-state index in [9.17, 15) is 0 Å². The van der Waals surface area contributed by atoms with Crippen molar-refractivity contribution in [2.45, 2.75) is 38.2 Å². The van der Waals surface area contributed by atoms with Gasteiger partial charge < -0.3 is 0 Å². The van der Waals surface area contributed by atoms with E-state index in [1.807, 2.05) is 0 Å². The third-order valence-electron chi connectivity index (χ3n) is 3.36. The maximum absolute atomic E-state index is 6.07. The molecule has 0 aromatic rings. The van der Waals surface area contributed by atoms with Gasteiger partial charge in [-0.3, -0.25) is 0 Å². The zero-order chi connectivity index (χ0) is 11.4. The van der Waals surface area contributed by atoms with E-state index in [0.29, 0.717) is 0 Å². The first-order valence-electron chi connectivity index (χ1n) is 5.90. The van der Waals surface area contributed by atoms with Crippen LogP contribution >= 0.6 is 12.4 Å². The molecule has 0 bridgehead atoms. The van der Waals surface area contributed by atoms with E-state index in [4.69, 9.17) is 2.85 Å². The molecule has 0 radical (unpaired) electrons. The number of allylic oxidation sites excluding steroid dienone is 6. The molecule has 0 N–H and O–H groups in total. The van der Waals surface area contributed by atoms with E-state index in [1.165, 1.54) is 11.1 Å². The summed E-state index contributed by atoms with van der Waals surface area (Å²) in [6.07, 6.45) is 17.6. The van der Waals surface area contributed by atoms with Crippen molar-refractivity contribution >= 4 is 12.4 Å². The summed E-state index contributed by atoms with van der Waals surface area (Å²) in [6.45, 7) is 2.24. The maximum Gasteiger partial charge on any atom is -0.147 e. The molecule has 0 fully saturated rings. The van der Waals surface area contributed by atoms with Gasteiger partial charge in [-0.15, -0.1) is 12.4 Å². The van der Waals surface area contributed by atoms with Crippen molar-refractivity contribution in [1.82, 2.24) is 0 Å². The van der Waals surface area contributed by atoms with Crippen molar-refractivity contribution in [1.29, 1.82) is 0 Å². The van der Waals surface area contributed by atoms with Crippen molar-refractivity contribution < 1.29 is 27.7 Å². The average Bonchev–Trinajstić information content (AvgIpc) is 2.98. The number of rotatable bonds is 5. The predicted molar refractivity (Wildman–Crippen MR) is 69.7 cm³/mol. The van der Waals surface area contributed by atoms with Gasteiger partial charge in [-0.25, -0.2) is 0 Å². The minimum Gasteiger partial charge on any atom is -0.147 e. The third kappa shape index (κ3) is 2.91. The molecule has 0 saturated carbocycles. The average molecular weight is 416 g/mol. The molecule has 0 spiro atoms. The zero-order valence-electron chi connectivity index (χ0n) is 10.1. The van der Waals surface area contributed by atoms with E-state index in [0.717, 1.165) is 50.5 Å². The molecule has 2 aliphatic carbocycles. The molecule has 3 heteroatoms. The van der Waals surface area contributed by atoms with Crippen LogP contribution in [0.25, 0.3) is 0 Å². The van der Waals surface area contributed by atoms with Gasteiger partial charge in [0.15, 0.2) is 0 Å². The Kier molecular flexibility index (Phi) is 6.11. The molecule has 2 aliphatic rings. The standard InChI is InChI=1S/C14H17O.ClH.Hf/c1-2-11-14(15,12-7-3-4-8-12)13-9-5-6-10-13;;/h3-7,9H,2,8,10-11H2,1H3;1H;/q-1;;+1.